The number of unbranched alkanes of at least 4 members (excludes halogenated alkanes) is 6. The Hall–Kier alpha value is -0.830. The van der Waals surface area contributed by atoms with Gasteiger partial charge in [0, 0.05) is 0 Å². The normalized spacial score (nSPS) is 13.9. The average Bonchev–Trinajstić information content (AvgIpc) is 2.42. The van der Waals surface area contributed by atoms with Gasteiger partial charge in [-0.3, -0.25) is 4.57 Å². The summed E-state index contributed by atoms with van der Waals surface area (Å²) in [5, 5.41) is 0. The first-order valence-electron chi connectivity index (χ1n) is 7.34. The first kappa shape index (κ1) is 17.2. The Morgan fingerprint density at radius 1 is 1.00 bits per heavy atom. The van der Waals surface area contributed by atoms with Crippen LogP contribution in [0.1, 0.15) is 51.9 Å². The molecule has 0 aliphatic carbocycles. The van der Waals surface area contributed by atoms with Crippen LogP contribution in [0.5, 0.6) is 5.75 Å². The van der Waals surface area contributed by atoms with Gasteiger partial charge in [0.25, 0.3) is 0 Å². The molecule has 0 radical (unpaired) electrons. The van der Waals surface area contributed by atoms with E-state index in [1.54, 1.807) is 30.3 Å². The van der Waals surface area contributed by atoms with Crippen LogP contribution >= 0.6 is 7.82 Å². The molecule has 0 N–H and O–H groups in total. The molecular weight excluding hydrogens is 275 g/mol. The highest BCUT2D eigenvalue weighted by Gasteiger charge is 2.10. The summed E-state index contributed by atoms with van der Waals surface area (Å²) in [6.07, 6.45) is 7.85. The van der Waals surface area contributed by atoms with Crippen molar-refractivity contribution in [3.8, 4) is 5.75 Å². The topological polar surface area (TPSA) is 58.6 Å². The quantitative estimate of drug-likeness (QED) is 0.451. The van der Waals surface area contributed by atoms with E-state index in [4.69, 9.17) is 9.05 Å². The fraction of sp³-hybridized carbons (Fsp3) is 0.600. The Kier molecular flexibility index (Phi) is 8.59. The third-order valence-electron chi connectivity index (χ3n) is 2.96. The molecule has 0 saturated carbocycles. The molecule has 0 spiro atoms. The second kappa shape index (κ2) is 9.98. The summed E-state index contributed by atoms with van der Waals surface area (Å²) >= 11 is 0. The lowest BCUT2D eigenvalue weighted by Gasteiger charge is -2.23. The number of phosphoric acid groups is 1. The highest BCUT2D eigenvalue weighted by atomic mass is 31.2. The number of hydrogen-bond acceptors (Lipinski definition) is 4. The average molecular weight is 299 g/mol. The maximum atomic E-state index is 11.6. The molecule has 0 heterocycles. The van der Waals surface area contributed by atoms with Crippen LogP contribution in [0, 0.1) is 0 Å². The highest BCUT2D eigenvalue weighted by molar-refractivity contribution is 7.46. The van der Waals surface area contributed by atoms with E-state index < -0.39 is 7.82 Å². The standard InChI is InChI=1S/C15H25O4P/c1-2-3-4-5-6-7-11-14-18-20(16,17)19-15-12-9-8-10-13-15/h8-10,12-13H,2-7,11,14H2,1H3,(H,16,17)/p-1. The summed E-state index contributed by atoms with van der Waals surface area (Å²) in [6, 6.07) is 8.39. The van der Waals surface area contributed by atoms with Crippen LogP contribution in [0.25, 0.3) is 0 Å². The Morgan fingerprint density at radius 3 is 2.25 bits per heavy atom. The second-order valence-corrected chi connectivity index (χ2v) is 6.14. The molecule has 1 aromatic carbocycles. The summed E-state index contributed by atoms with van der Waals surface area (Å²) < 4.78 is 21.2. The Balaban J connectivity index is 2.09. The zero-order valence-corrected chi connectivity index (χ0v) is 13.0. The molecule has 0 bridgehead atoms. The zero-order valence-electron chi connectivity index (χ0n) is 12.1. The van der Waals surface area contributed by atoms with Crippen LogP contribution in [0.15, 0.2) is 30.3 Å². The highest BCUT2D eigenvalue weighted by Crippen LogP contribution is 2.39. The van der Waals surface area contributed by atoms with Crippen molar-refractivity contribution in [2.75, 3.05) is 6.61 Å². The number of para-hydroxylation sites is 1. The molecule has 1 atom stereocenters. The third kappa shape index (κ3) is 8.36. The van der Waals surface area contributed by atoms with Gasteiger partial charge in [-0.15, -0.1) is 0 Å². The summed E-state index contributed by atoms with van der Waals surface area (Å²) in [5.74, 6) is 0.283. The fourth-order valence-electron chi connectivity index (χ4n) is 1.87. The molecule has 0 saturated heterocycles. The minimum atomic E-state index is -4.23. The van der Waals surface area contributed by atoms with Gasteiger partial charge in [-0.25, -0.2) is 0 Å². The van der Waals surface area contributed by atoms with Gasteiger partial charge < -0.3 is 13.9 Å². The molecule has 1 aromatic rings. The number of hydrogen-bond donors (Lipinski definition) is 0. The van der Waals surface area contributed by atoms with Crippen molar-refractivity contribution in [2.45, 2.75) is 51.9 Å². The van der Waals surface area contributed by atoms with Crippen molar-refractivity contribution in [1.29, 1.82) is 0 Å². The van der Waals surface area contributed by atoms with E-state index in [0.29, 0.717) is 0 Å². The van der Waals surface area contributed by atoms with Crippen LogP contribution in [0.3, 0.4) is 0 Å². The van der Waals surface area contributed by atoms with E-state index in [9.17, 15) is 9.46 Å². The first-order valence-corrected chi connectivity index (χ1v) is 8.80. The van der Waals surface area contributed by atoms with E-state index in [2.05, 4.69) is 6.92 Å². The number of rotatable bonds is 11. The molecular formula is C15H24O4P-. The van der Waals surface area contributed by atoms with Gasteiger partial charge in [-0.1, -0.05) is 63.6 Å². The van der Waals surface area contributed by atoms with Gasteiger partial charge in [0.05, 0.1) is 6.61 Å². The molecule has 1 rings (SSSR count). The van der Waals surface area contributed by atoms with Crippen LogP contribution in [0.4, 0.5) is 0 Å². The maximum Gasteiger partial charge on any atom is 0.319 e. The monoisotopic (exact) mass is 299 g/mol. The minimum absolute atomic E-state index is 0.196. The Bertz CT molecular complexity index is 394. The van der Waals surface area contributed by atoms with Gasteiger partial charge in [0.2, 0.25) is 0 Å². The molecule has 114 valence electrons. The molecule has 0 amide bonds. The first-order chi connectivity index (χ1) is 9.64. The molecule has 0 aromatic heterocycles. The predicted molar refractivity (Wildman–Crippen MR) is 78.6 cm³/mol. The van der Waals surface area contributed by atoms with E-state index in [1.807, 2.05) is 0 Å². The van der Waals surface area contributed by atoms with Crippen molar-refractivity contribution in [3.05, 3.63) is 30.3 Å². The van der Waals surface area contributed by atoms with Crippen molar-refractivity contribution in [1.82, 2.24) is 0 Å². The Labute approximate surface area is 121 Å². The lowest BCUT2D eigenvalue weighted by Crippen LogP contribution is -2.11. The lowest BCUT2D eigenvalue weighted by atomic mass is 10.1. The van der Waals surface area contributed by atoms with E-state index in [-0.39, 0.29) is 12.4 Å². The van der Waals surface area contributed by atoms with Crippen LogP contribution < -0.4 is 9.42 Å². The lowest BCUT2D eigenvalue weighted by molar-refractivity contribution is -0.217. The van der Waals surface area contributed by atoms with Gasteiger partial charge >= 0.3 is 7.82 Å². The smallest absolute Gasteiger partial charge is 0.319 e. The fourth-order valence-corrected chi connectivity index (χ4v) is 2.66. The molecule has 5 heteroatoms. The molecule has 20 heavy (non-hydrogen) atoms. The van der Waals surface area contributed by atoms with Crippen molar-refractivity contribution in [3.63, 3.8) is 0 Å². The van der Waals surface area contributed by atoms with Gasteiger partial charge in [-0.2, -0.15) is 0 Å². The minimum Gasteiger partial charge on any atom is -0.746 e. The van der Waals surface area contributed by atoms with Crippen LogP contribution in [-0.4, -0.2) is 6.61 Å². The molecule has 0 aliphatic heterocycles. The van der Waals surface area contributed by atoms with Crippen molar-refractivity contribution in [2.24, 2.45) is 0 Å². The predicted octanol–water partition coefficient (Wildman–Crippen LogP) is 4.30. The SMILES string of the molecule is CCCCCCCCCOP(=O)([O-])Oc1ccccc1. The van der Waals surface area contributed by atoms with E-state index in [1.165, 1.54) is 25.7 Å². The largest absolute Gasteiger partial charge is 0.746 e. The zero-order chi connectivity index (χ0) is 14.7. The molecule has 4 nitrogen and oxygen atoms in total. The van der Waals surface area contributed by atoms with Gasteiger partial charge in [0.1, 0.15) is 5.75 Å². The van der Waals surface area contributed by atoms with Gasteiger partial charge in [-0.05, 0) is 18.6 Å². The maximum absolute atomic E-state index is 11.6. The van der Waals surface area contributed by atoms with Crippen LogP contribution in [0.2, 0.25) is 0 Å². The number of benzene rings is 1. The van der Waals surface area contributed by atoms with Crippen LogP contribution in [-0.2, 0) is 9.09 Å². The second-order valence-electron chi connectivity index (χ2n) is 4.81. The molecule has 0 fully saturated rings. The van der Waals surface area contributed by atoms with E-state index in [0.717, 1.165) is 19.3 Å². The summed E-state index contributed by atoms with van der Waals surface area (Å²) in [6.45, 7) is 2.38. The van der Waals surface area contributed by atoms with Crippen molar-refractivity contribution < 1.29 is 18.5 Å². The summed E-state index contributed by atoms with van der Waals surface area (Å²) in [4.78, 5) is 11.6. The molecule has 0 aliphatic rings. The van der Waals surface area contributed by atoms with Crippen molar-refractivity contribution >= 4 is 7.82 Å². The van der Waals surface area contributed by atoms with Gasteiger partial charge in [0.15, 0.2) is 0 Å². The molecule has 1 unspecified atom stereocenters. The third-order valence-corrected chi connectivity index (χ3v) is 3.89. The summed E-state index contributed by atoms with van der Waals surface area (Å²) in [7, 11) is -4.23. The Morgan fingerprint density at radius 2 is 1.60 bits per heavy atom. The number of phosphoric ester groups is 1. The summed E-state index contributed by atoms with van der Waals surface area (Å²) in [5.41, 5.74) is 0. The van der Waals surface area contributed by atoms with E-state index >= 15 is 0 Å².